The number of hydrogen-bond donors (Lipinski definition) is 2. The Morgan fingerprint density at radius 3 is 2.70 bits per heavy atom. The van der Waals surface area contributed by atoms with Crippen molar-refractivity contribution in [1.82, 2.24) is 10.3 Å². The van der Waals surface area contributed by atoms with Crippen molar-refractivity contribution in [3.05, 3.63) is 44.9 Å². The largest absolute Gasteiger partial charge is 0.382 e. The highest BCUT2D eigenvalue weighted by atomic mass is 35.5. The van der Waals surface area contributed by atoms with Crippen LogP contribution >= 0.6 is 34.5 Å². The highest BCUT2D eigenvalue weighted by Gasteiger charge is 2.07. The van der Waals surface area contributed by atoms with Gasteiger partial charge in [0.1, 0.15) is 0 Å². The van der Waals surface area contributed by atoms with Crippen LogP contribution in [0.3, 0.4) is 0 Å². The predicted octanol–water partition coefficient (Wildman–Crippen LogP) is 3.95. The Morgan fingerprint density at radius 1 is 1.15 bits per heavy atom. The van der Waals surface area contributed by atoms with Crippen LogP contribution in [0.4, 0.5) is 9.93 Å². The van der Waals surface area contributed by atoms with E-state index in [4.69, 9.17) is 37.4 Å². The topological polar surface area (TPSA) is 81.7 Å². The van der Waals surface area contributed by atoms with Gasteiger partial charge in [0.05, 0.1) is 48.8 Å². The van der Waals surface area contributed by atoms with Crippen LogP contribution in [-0.4, -0.2) is 44.6 Å². The van der Waals surface area contributed by atoms with Gasteiger partial charge in [-0.1, -0.05) is 29.3 Å². The SMILES string of the molecule is COCCOCCOCc1csc(NC(=O)NCc2ccc(Cl)c(Cl)c2)n1. The second kappa shape index (κ2) is 12.1. The van der Waals surface area contributed by atoms with E-state index >= 15 is 0 Å². The van der Waals surface area contributed by atoms with Gasteiger partial charge in [-0.2, -0.15) is 0 Å². The molecule has 2 amide bonds. The number of carbonyl (C=O) groups excluding carboxylic acids is 1. The lowest BCUT2D eigenvalue weighted by Crippen LogP contribution is -2.28. The summed E-state index contributed by atoms with van der Waals surface area (Å²) >= 11 is 13.1. The summed E-state index contributed by atoms with van der Waals surface area (Å²) in [7, 11) is 1.63. The van der Waals surface area contributed by atoms with Crippen molar-refractivity contribution in [2.75, 3.05) is 38.9 Å². The molecule has 0 aliphatic carbocycles. The smallest absolute Gasteiger partial charge is 0.321 e. The maximum atomic E-state index is 12.0. The van der Waals surface area contributed by atoms with E-state index in [0.29, 0.717) is 54.8 Å². The molecule has 0 radical (unpaired) electrons. The molecule has 10 heteroatoms. The van der Waals surface area contributed by atoms with E-state index in [1.54, 1.807) is 25.3 Å². The molecule has 27 heavy (non-hydrogen) atoms. The minimum absolute atomic E-state index is 0.327. The minimum atomic E-state index is -0.352. The van der Waals surface area contributed by atoms with E-state index in [2.05, 4.69) is 15.6 Å². The molecular formula is C17H21Cl2N3O4S. The number of aromatic nitrogens is 1. The summed E-state index contributed by atoms with van der Waals surface area (Å²) < 4.78 is 15.6. The van der Waals surface area contributed by atoms with Crippen LogP contribution in [0, 0.1) is 0 Å². The number of rotatable bonds is 11. The third-order valence-corrected chi connectivity index (χ3v) is 4.81. The molecule has 1 aromatic carbocycles. The van der Waals surface area contributed by atoms with Crippen molar-refractivity contribution >= 4 is 45.7 Å². The maximum Gasteiger partial charge on any atom is 0.321 e. The summed E-state index contributed by atoms with van der Waals surface area (Å²) in [5.74, 6) is 0. The lowest BCUT2D eigenvalue weighted by atomic mass is 10.2. The molecule has 1 heterocycles. The highest BCUT2D eigenvalue weighted by molar-refractivity contribution is 7.13. The van der Waals surface area contributed by atoms with Crippen molar-refractivity contribution in [1.29, 1.82) is 0 Å². The molecule has 2 rings (SSSR count). The Balaban J connectivity index is 1.65. The maximum absolute atomic E-state index is 12.0. The van der Waals surface area contributed by atoms with Gasteiger partial charge in [0.15, 0.2) is 5.13 Å². The van der Waals surface area contributed by atoms with Gasteiger partial charge in [-0.15, -0.1) is 11.3 Å². The number of nitrogens with zero attached hydrogens (tertiary/aromatic N) is 1. The van der Waals surface area contributed by atoms with Gasteiger partial charge in [0.2, 0.25) is 0 Å². The van der Waals surface area contributed by atoms with E-state index in [1.807, 2.05) is 5.38 Å². The summed E-state index contributed by atoms with van der Waals surface area (Å²) in [6, 6.07) is 4.84. The highest BCUT2D eigenvalue weighted by Crippen LogP contribution is 2.22. The molecule has 0 atom stereocenters. The van der Waals surface area contributed by atoms with Crippen LogP contribution in [0.2, 0.25) is 10.0 Å². The summed E-state index contributed by atoms with van der Waals surface area (Å²) in [6.45, 7) is 2.75. The van der Waals surface area contributed by atoms with Gasteiger partial charge in [0.25, 0.3) is 0 Å². The van der Waals surface area contributed by atoms with E-state index < -0.39 is 0 Å². The Labute approximate surface area is 171 Å². The number of anilines is 1. The zero-order valence-electron chi connectivity index (χ0n) is 14.8. The zero-order valence-corrected chi connectivity index (χ0v) is 17.1. The van der Waals surface area contributed by atoms with Crippen LogP contribution in [-0.2, 0) is 27.4 Å². The molecule has 0 saturated heterocycles. The van der Waals surface area contributed by atoms with Crippen LogP contribution in [0.15, 0.2) is 23.6 Å². The van der Waals surface area contributed by atoms with Gasteiger partial charge in [-0.25, -0.2) is 9.78 Å². The van der Waals surface area contributed by atoms with Crippen molar-refractivity contribution in [2.24, 2.45) is 0 Å². The second-order valence-electron chi connectivity index (χ2n) is 5.36. The normalized spacial score (nSPS) is 10.8. The molecule has 0 saturated carbocycles. The molecule has 7 nitrogen and oxygen atoms in total. The van der Waals surface area contributed by atoms with E-state index in [1.165, 1.54) is 11.3 Å². The van der Waals surface area contributed by atoms with Crippen molar-refractivity contribution < 1.29 is 19.0 Å². The average Bonchev–Trinajstić information content (AvgIpc) is 3.09. The summed E-state index contributed by atoms with van der Waals surface area (Å²) in [6.07, 6.45) is 0. The van der Waals surface area contributed by atoms with Gasteiger partial charge in [-0.05, 0) is 17.7 Å². The molecule has 148 valence electrons. The molecular weight excluding hydrogens is 413 g/mol. The third kappa shape index (κ3) is 8.42. The molecule has 0 unspecified atom stereocenters. The molecule has 1 aromatic heterocycles. The summed E-state index contributed by atoms with van der Waals surface area (Å²) in [4.78, 5) is 16.3. The number of amides is 2. The number of methoxy groups -OCH3 is 1. The Bertz CT molecular complexity index is 730. The molecule has 2 N–H and O–H groups in total. The van der Waals surface area contributed by atoms with Crippen LogP contribution in [0.5, 0.6) is 0 Å². The number of hydrogen-bond acceptors (Lipinski definition) is 6. The van der Waals surface area contributed by atoms with E-state index in [-0.39, 0.29) is 6.03 Å². The lowest BCUT2D eigenvalue weighted by Gasteiger charge is -2.06. The fourth-order valence-electron chi connectivity index (χ4n) is 1.94. The third-order valence-electron chi connectivity index (χ3n) is 3.26. The van der Waals surface area contributed by atoms with Crippen molar-refractivity contribution in [3.63, 3.8) is 0 Å². The first-order valence-electron chi connectivity index (χ1n) is 8.16. The fraction of sp³-hybridized carbons (Fsp3) is 0.412. The van der Waals surface area contributed by atoms with Gasteiger partial charge < -0.3 is 19.5 Å². The molecule has 0 spiro atoms. The first kappa shape index (κ1) is 21.9. The van der Waals surface area contributed by atoms with Gasteiger partial charge in [0, 0.05) is 19.0 Å². The molecule has 0 fully saturated rings. The average molecular weight is 434 g/mol. The number of carbonyl (C=O) groups is 1. The monoisotopic (exact) mass is 433 g/mol. The van der Waals surface area contributed by atoms with Crippen molar-refractivity contribution in [3.8, 4) is 0 Å². The van der Waals surface area contributed by atoms with Crippen LogP contribution in [0.25, 0.3) is 0 Å². The standard InChI is InChI=1S/C17H21Cl2N3O4S/c1-24-4-5-25-6-7-26-10-13-11-27-17(21-13)22-16(23)20-9-12-2-3-14(18)15(19)8-12/h2-3,8,11H,4-7,9-10H2,1H3,(H2,20,21,22,23). The van der Waals surface area contributed by atoms with Crippen LogP contribution in [0.1, 0.15) is 11.3 Å². The van der Waals surface area contributed by atoms with Gasteiger partial charge >= 0.3 is 6.03 Å². The Morgan fingerprint density at radius 2 is 1.93 bits per heavy atom. The van der Waals surface area contributed by atoms with Gasteiger partial charge in [-0.3, -0.25) is 5.32 Å². The quantitative estimate of drug-likeness (QED) is 0.524. The molecule has 2 aromatic rings. The molecule has 0 bridgehead atoms. The lowest BCUT2D eigenvalue weighted by molar-refractivity contribution is 0.0193. The van der Waals surface area contributed by atoms with Crippen LogP contribution < -0.4 is 10.6 Å². The van der Waals surface area contributed by atoms with E-state index in [9.17, 15) is 4.79 Å². The fourth-order valence-corrected chi connectivity index (χ4v) is 2.95. The number of halogens is 2. The van der Waals surface area contributed by atoms with Crippen molar-refractivity contribution in [2.45, 2.75) is 13.2 Å². The Hall–Kier alpha value is -1.42. The number of urea groups is 1. The predicted molar refractivity (Wildman–Crippen MR) is 107 cm³/mol. The number of thiazole rings is 1. The number of ether oxygens (including phenoxy) is 3. The first-order chi connectivity index (χ1) is 13.1. The number of benzene rings is 1. The Kier molecular flexibility index (Phi) is 9.82. The molecule has 0 aliphatic heterocycles. The number of nitrogens with one attached hydrogen (secondary N) is 2. The zero-order chi connectivity index (χ0) is 19.5. The molecule has 0 aliphatic rings. The minimum Gasteiger partial charge on any atom is -0.382 e. The summed E-state index contributed by atoms with van der Waals surface area (Å²) in [5, 5.41) is 8.68. The first-order valence-corrected chi connectivity index (χ1v) is 9.79. The summed E-state index contributed by atoms with van der Waals surface area (Å²) in [5.41, 5.74) is 1.59. The van der Waals surface area contributed by atoms with E-state index in [0.717, 1.165) is 11.3 Å². The second-order valence-corrected chi connectivity index (χ2v) is 7.03.